The van der Waals surface area contributed by atoms with E-state index in [1.807, 2.05) is 71.8 Å². The predicted molar refractivity (Wildman–Crippen MR) is 139 cm³/mol. The minimum Gasteiger partial charge on any atom is -0.495 e. The van der Waals surface area contributed by atoms with Crippen LogP contribution >= 0.6 is 11.6 Å². The van der Waals surface area contributed by atoms with E-state index in [0.29, 0.717) is 16.5 Å². The van der Waals surface area contributed by atoms with Gasteiger partial charge in [0.1, 0.15) is 11.8 Å². The number of carbonyl (C=O) groups excluding carboxylic acids is 3. The van der Waals surface area contributed by atoms with Crippen LogP contribution in [0.15, 0.2) is 79.0 Å². The average Bonchev–Trinajstić information content (AvgIpc) is 3.38. The van der Waals surface area contributed by atoms with Gasteiger partial charge < -0.3 is 15.0 Å². The van der Waals surface area contributed by atoms with E-state index in [9.17, 15) is 14.4 Å². The zero-order valence-electron chi connectivity index (χ0n) is 20.0. The van der Waals surface area contributed by atoms with Crippen LogP contribution in [0.25, 0.3) is 6.08 Å². The minimum atomic E-state index is -0.888. The number of hydrogen-bond donors (Lipinski definition) is 1. The molecule has 0 saturated carbocycles. The number of anilines is 1. The van der Waals surface area contributed by atoms with Gasteiger partial charge in [-0.2, -0.15) is 0 Å². The smallest absolute Gasteiger partial charge is 0.248 e. The Kier molecular flexibility index (Phi) is 5.72. The number of amides is 3. The number of imide groups is 1. The molecule has 4 unspecified atom stereocenters. The molecule has 37 heavy (non-hydrogen) atoms. The standard InChI is InChI=1S/C29H24ClN3O4/c1-37-22-12-11-19(30)15-21(22)31-27(34)26-24-23(25-20-10-6-5-9-18(20)13-14-32(25)26)28(35)33(29(24)36)16-17-7-3-2-4-8-17/h2-15,23-26H,16H2,1H3,(H,31,34). The molecule has 3 aromatic rings. The van der Waals surface area contributed by atoms with Crippen LogP contribution in [-0.2, 0) is 20.9 Å². The molecule has 7 nitrogen and oxygen atoms in total. The van der Waals surface area contributed by atoms with Crippen LogP contribution in [0.1, 0.15) is 22.7 Å². The first-order valence-corrected chi connectivity index (χ1v) is 12.4. The van der Waals surface area contributed by atoms with Crippen molar-refractivity contribution in [3.63, 3.8) is 0 Å². The number of likely N-dealkylation sites (tertiary alicyclic amines) is 1. The second kappa shape index (κ2) is 9.09. The summed E-state index contributed by atoms with van der Waals surface area (Å²) in [5.74, 6) is -2.05. The van der Waals surface area contributed by atoms with Crippen molar-refractivity contribution < 1.29 is 19.1 Å². The highest BCUT2D eigenvalue weighted by Gasteiger charge is 2.64. The van der Waals surface area contributed by atoms with Gasteiger partial charge >= 0.3 is 0 Å². The molecule has 186 valence electrons. The van der Waals surface area contributed by atoms with E-state index in [-0.39, 0.29) is 18.4 Å². The van der Waals surface area contributed by atoms with Crippen molar-refractivity contribution in [2.24, 2.45) is 11.8 Å². The molecule has 8 heteroatoms. The molecule has 3 heterocycles. The van der Waals surface area contributed by atoms with Crippen LogP contribution in [0.2, 0.25) is 5.02 Å². The number of nitrogens with one attached hydrogen (secondary N) is 1. The van der Waals surface area contributed by atoms with Crippen molar-refractivity contribution in [3.8, 4) is 5.75 Å². The van der Waals surface area contributed by atoms with Gasteiger partial charge in [-0.25, -0.2) is 0 Å². The highest BCUT2D eigenvalue weighted by atomic mass is 35.5. The summed E-state index contributed by atoms with van der Waals surface area (Å²) in [6.07, 6.45) is 3.75. The van der Waals surface area contributed by atoms with Crippen molar-refractivity contribution in [2.45, 2.75) is 18.6 Å². The first-order chi connectivity index (χ1) is 18.0. The number of ether oxygens (including phenoxy) is 1. The monoisotopic (exact) mass is 513 g/mol. The number of hydrogen-bond acceptors (Lipinski definition) is 5. The number of carbonyl (C=O) groups is 3. The van der Waals surface area contributed by atoms with Crippen LogP contribution in [0.5, 0.6) is 5.75 Å². The second-order valence-electron chi connectivity index (χ2n) is 9.42. The fourth-order valence-corrected chi connectivity index (χ4v) is 6.00. The molecule has 0 bridgehead atoms. The van der Waals surface area contributed by atoms with E-state index in [0.717, 1.165) is 16.7 Å². The molecule has 0 spiro atoms. The van der Waals surface area contributed by atoms with E-state index in [2.05, 4.69) is 5.32 Å². The molecule has 1 N–H and O–H groups in total. The Bertz CT molecular complexity index is 1440. The lowest BCUT2D eigenvalue weighted by atomic mass is 9.84. The highest BCUT2D eigenvalue weighted by molar-refractivity contribution is 6.31. The molecule has 3 amide bonds. The van der Waals surface area contributed by atoms with Gasteiger partial charge in [0.15, 0.2) is 0 Å². The van der Waals surface area contributed by atoms with Gasteiger partial charge in [0, 0.05) is 11.2 Å². The summed E-state index contributed by atoms with van der Waals surface area (Å²) in [5, 5.41) is 3.34. The summed E-state index contributed by atoms with van der Waals surface area (Å²) in [5.41, 5.74) is 3.16. The molecular weight excluding hydrogens is 490 g/mol. The van der Waals surface area contributed by atoms with Crippen molar-refractivity contribution in [2.75, 3.05) is 12.4 Å². The van der Waals surface area contributed by atoms with E-state index in [4.69, 9.17) is 16.3 Å². The molecule has 6 rings (SSSR count). The number of fused-ring (bicyclic) bond motifs is 5. The summed E-state index contributed by atoms with van der Waals surface area (Å²) >= 11 is 6.18. The predicted octanol–water partition coefficient (Wildman–Crippen LogP) is 4.50. The summed E-state index contributed by atoms with van der Waals surface area (Å²) in [4.78, 5) is 44.7. The molecule has 3 aromatic carbocycles. The molecular formula is C29H24ClN3O4. The molecule has 3 aliphatic rings. The van der Waals surface area contributed by atoms with Gasteiger partial charge in [-0.15, -0.1) is 0 Å². The van der Waals surface area contributed by atoms with Gasteiger partial charge in [0.25, 0.3) is 0 Å². The van der Waals surface area contributed by atoms with Gasteiger partial charge in [-0.3, -0.25) is 19.3 Å². The Morgan fingerprint density at radius 2 is 1.70 bits per heavy atom. The number of benzene rings is 3. The third-order valence-electron chi connectivity index (χ3n) is 7.42. The number of methoxy groups -OCH3 is 1. The highest BCUT2D eigenvalue weighted by Crippen LogP contribution is 2.53. The fraction of sp³-hybridized carbons (Fsp3) is 0.207. The lowest BCUT2D eigenvalue weighted by molar-refractivity contribution is -0.143. The maximum absolute atomic E-state index is 13.9. The fourth-order valence-electron chi connectivity index (χ4n) is 5.83. The number of nitrogens with zero attached hydrogens (tertiary/aromatic N) is 2. The first-order valence-electron chi connectivity index (χ1n) is 12.1. The normalized spacial score (nSPS) is 23.5. The first kappa shape index (κ1) is 23.3. The lowest BCUT2D eigenvalue weighted by Crippen LogP contribution is -2.46. The zero-order valence-corrected chi connectivity index (χ0v) is 20.8. The van der Waals surface area contributed by atoms with Crippen LogP contribution in [0, 0.1) is 11.8 Å². The quantitative estimate of drug-likeness (QED) is 0.508. The number of rotatable bonds is 5. The second-order valence-corrected chi connectivity index (χ2v) is 9.85. The molecule has 0 radical (unpaired) electrons. The molecule has 2 fully saturated rings. The SMILES string of the molecule is COc1ccc(Cl)cc1NC(=O)C1C2C(=O)N(Cc3ccccc3)C(=O)C2C2c3ccccc3C=CN12. The van der Waals surface area contributed by atoms with Crippen LogP contribution in [0.3, 0.4) is 0 Å². The maximum Gasteiger partial charge on any atom is 0.248 e. The molecule has 3 aliphatic heterocycles. The molecule has 0 aromatic heterocycles. The molecule has 2 saturated heterocycles. The van der Waals surface area contributed by atoms with Crippen LogP contribution in [0.4, 0.5) is 5.69 Å². The molecule has 4 atom stereocenters. The van der Waals surface area contributed by atoms with E-state index in [1.54, 1.807) is 18.2 Å². The Hall–Kier alpha value is -4.10. The maximum atomic E-state index is 13.9. The van der Waals surface area contributed by atoms with E-state index in [1.165, 1.54) is 12.0 Å². The van der Waals surface area contributed by atoms with Crippen LogP contribution < -0.4 is 10.1 Å². The lowest BCUT2D eigenvalue weighted by Gasteiger charge is -2.35. The van der Waals surface area contributed by atoms with E-state index >= 15 is 0 Å². The number of halogens is 1. The summed E-state index contributed by atoms with van der Waals surface area (Å²) in [7, 11) is 1.51. The summed E-state index contributed by atoms with van der Waals surface area (Å²) < 4.78 is 5.40. The summed E-state index contributed by atoms with van der Waals surface area (Å²) in [6.45, 7) is 0.173. The largest absolute Gasteiger partial charge is 0.495 e. The third-order valence-corrected chi connectivity index (χ3v) is 7.66. The van der Waals surface area contributed by atoms with Crippen molar-refractivity contribution >= 4 is 41.1 Å². The van der Waals surface area contributed by atoms with Crippen molar-refractivity contribution in [1.82, 2.24) is 9.80 Å². The van der Waals surface area contributed by atoms with Gasteiger partial charge in [0.2, 0.25) is 17.7 Å². The van der Waals surface area contributed by atoms with Crippen molar-refractivity contribution in [3.05, 3.63) is 101 Å². The Morgan fingerprint density at radius 3 is 2.49 bits per heavy atom. The van der Waals surface area contributed by atoms with Gasteiger partial charge in [0.05, 0.1) is 37.2 Å². The summed E-state index contributed by atoms with van der Waals surface area (Å²) in [6, 6.07) is 20.8. The van der Waals surface area contributed by atoms with Gasteiger partial charge in [-0.1, -0.05) is 66.2 Å². The molecule has 0 aliphatic carbocycles. The van der Waals surface area contributed by atoms with Crippen molar-refractivity contribution in [1.29, 1.82) is 0 Å². The zero-order chi connectivity index (χ0) is 25.7. The van der Waals surface area contributed by atoms with Gasteiger partial charge in [-0.05, 0) is 41.0 Å². The topological polar surface area (TPSA) is 79.0 Å². The Labute approximate surface area is 219 Å². The average molecular weight is 514 g/mol. The Morgan fingerprint density at radius 1 is 0.973 bits per heavy atom. The van der Waals surface area contributed by atoms with Crippen LogP contribution in [-0.4, -0.2) is 40.7 Å². The van der Waals surface area contributed by atoms with E-state index < -0.39 is 29.8 Å². The minimum absolute atomic E-state index is 0.173. The Balaban J connectivity index is 1.40. The third kappa shape index (κ3) is 3.78.